The van der Waals surface area contributed by atoms with E-state index in [2.05, 4.69) is 10.6 Å². The molecule has 2 N–H and O–H groups in total. The Balaban J connectivity index is 1.44. The lowest BCUT2D eigenvalue weighted by Crippen LogP contribution is -2.39. The van der Waals surface area contributed by atoms with E-state index in [9.17, 15) is 27.6 Å². The number of amides is 4. The fourth-order valence-corrected chi connectivity index (χ4v) is 4.10. The summed E-state index contributed by atoms with van der Waals surface area (Å²) in [6, 6.07) is 11.1. The van der Waals surface area contributed by atoms with Crippen LogP contribution in [0.4, 0.5) is 29.3 Å². The van der Waals surface area contributed by atoms with Crippen LogP contribution in [0.2, 0.25) is 0 Å². The van der Waals surface area contributed by atoms with Crippen LogP contribution < -0.4 is 15.5 Å². The number of nitrogens with one attached hydrogen (secondary N) is 2. The molecule has 2 saturated heterocycles. The van der Waals surface area contributed by atoms with Crippen molar-refractivity contribution >= 4 is 29.2 Å². The first-order valence-corrected chi connectivity index (χ1v) is 11.2. The lowest BCUT2D eigenvalue weighted by Gasteiger charge is -2.31. The summed E-state index contributed by atoms with van der Waals surface area (Å²) in [7, 11) is 0. The van der Waals surface area contributed by atoms with Gasteiger partial charge < -0.3 is 20.3 Å². The Kier molecular flexibility index (Phi) is 7.25. The average molecular weight is 490 g/mol. The number of carbonyl (C=O) groups excluding carboxylic acids is 3. The highest BCUT2D eigenvalue weighted by Crippen LogP contribution is 2.35. The monoisotopic (exact) mass is 490 g/mol. The van der Waals surface area contributed by atoms with Gasteiger partial charge in [-0.25, -0.2) is 4.79 Å². The van der Waals surface area contributed by atoms with Gasteiger partial charge in [0, 0.05) is 13.1 Å². The minimum absolute atomic E-state index is 0.0422. The molecule has 2 aliphatic heterocycles. The number of ether oxygens (including phenoxy) is 1. The number of alkyl halides is 3. The highest BCUT2D eigenvalue weighted by atomic mass is 19.4. The third-order valence-corrected chi connectivity index (χ3v) is 5.92. The van der Waals surface area contributed by atoms with E-state index in [1.54, 1.807) is 0 Å². The number of benzene rings is 2. The van der Waals surface area contributed by atoms with Gasteiger partial charge in [-0.15, -0.1) is 0 Å². The molecule has 4 rings (SSSR count). The Labute approximate surface area is 200 Å². The molecule has 0 unspecified atom stereocenters. The molecule has 0 radical (unpaired) electrons. The van der Waals surface area contributed by atoms with Gasteiger partial charge in [-0.1, -0.05) is 30.3 Å². The zero-order valence-corrected chi connectivity index (χ0v) is 18.8. The van der Waals surface area contributed by atoms with Crippen molar-refractivity contribution in [1.82, 2.24) is 10.2 Å². The molecule has 1 atom stereocenters. The first-order valence-electron chi connectivity index (χ1n) is 11.2. The largest absolute Gasteiger partial charge is 0.416 e. The van der Waals surface area contributed by atoms with Gasteiger partial charge in [-0.3, -0.25) is 14.5 Å². The molecule has 0 spiro atoms. The Hall–Kier alpha value is -3.60. The summed E-state index contributed by atoms with van der Waals surface area (Å²) in [6.07, 6.45) is -3.67. The molecular weight excluding hydrogens is 465 g/mol. The van der Waals surface area contributed by atoms with E-state index in [0.717, 1.165) is 22.6 Å². The molecule has 4 amide bonds. The average Bonchev–Trinajstić information content (AvgIpc) is 3.11. The third kappa shape index (κ3) is 5.91. The Morgan fingerprint density at radius 2 is 1.80 bits per heavy atom. The number of carbonyl (C=O) groups is 3. The second kappa shape index (κ2) is 10.3. The van der Waals surface area contributed by atoms with Crippen LogP contribution in [0, 0.1) is 0 Å². The summed E-state index contributed by atoms with van der Waals surface area (Å²) in [5, 5.41) is 5.04. The number of rotatable bonds is 7. The zero-order valence-electron chi connectivity index (χ0n) is 18.8. The van der Waals surface area contributed by atoms with Gasteiger partial charge >= 0.3 is 12.2 Å². The number of imide groups is 1. The lowest BCUT2D eigenvalue weighted by molar-refractivity contribution is -0.137. The summed E-state index contributed by atoms with van der Waals surface area (Å²) in [4.78, 5) is 40.4. The number of urea groups is 1. The van der Waals surface area contributed by atoms with Crippen molar-refractivity contribution in [3.63, 3.8) is 0 Å². The predicted octanol–water partition coefficient (Wildman–Crippen LogP) is 3.03. The molecule has 8 nitrogen and oxygen atoms in total. The molecule has 0 aromatic heterocycles. The molecule has 0 bridgehead atoms. The topological polar surface area (TPSA) is 91.0 Å². The van der Waals surface area contributed by atoms with Crippen LogP contribution in [0.3, 0.4) is 0 Å². The quantitative estimate of drug-likeness (QED) is 0.583. The number of halogens is 3. The second-order valence-corrected chi connectivity index (χ2v) is 8.33. The molecule has 2 fully saturated rings. The van der Waals surface area contributed by atoms with Crippen LogP contribution in [-0.2, 0) is 26.9 Å². The van der Waals surface area contributed by atoms with Crippen molar-refractivity contribution in [3.8, 4) is 0 Å². The summed E-state index contributed by atoms with van der Waals surface area (Å²) >= 11 is 0. The number of hydrogen-bond donors (Lipinski definition) is 2. The van der Waals surface area contributed by atoms with E-state index in [4.69, 9.17) is 4.74 Å². The molecular formula is C24H25F3N4O4. The SMILES string of the molecule is O=C(CN1C(=O)N[C@@H](CCc2ccccc2)C1=O)Nc1cc(C(F)(F)F)ccc1N1CCOCC1. The van der Waals surface area contributed by atoms with Crippen molar-refractivity contribution in [2.24, 2.45) is 0 Å². The maximum Gasteiger partial charge on any atom is 0.416 e. The van der Waals surface area contributed by atoms with Gasteiger partial charge in [0.1, 0.15) is 12.6 Å². The maximum absolute atomic E-state index is 13.3. The van der Waals surface area contributed by atoms with Crippen LogP contribution in [0.15, 0.2) is 48.5 Å². The molecule has 0 aliphatic carbocycles. The molecule has 2 aromatic carbocycles. The molecule has 11 heteroatoms. The van der Waals surface area contributed by atoms with Crippen LogP contribution >= 0.6 is 0 Å². The van der Waals surface area contributed by atoms with E-state index in [1.807, 2.05) is 35.2 Å². The minimum atomic E-state index is -4.60. The fourth-order valence-electron chi connectivity index (χ4n) is 4.10. The Morgan fingerprint density at radius 1 is 1.09 bits per heavy atom. The van der Waals surface area contributed by atoms with Crippen LogP contribution in [0.1, 0.15) is 17.5 Å². The summed E-state index contributed by atoms with van der Waals surface area (Å²) in [5.74, 6) is -1.32. The molecule has 186 valence electrons. The number of anilines is 2. The van der Waals surface area contributed by atoms with Gasteiger partial charge in [0.15, 0.2) is 0 Å². The van der Waals surface area contributed by atoms with Crippen LogP contribution in [0.25, 0.3) is 0 Å². The summed E-state index contributed by atoms with van der Waals surface area (Å²) in [6.45, 7) is 1.10. The Bertz CT molecular complexity index is 1090. The number of morpholine rings is 1. The van der Waals surface area contributed by atoms with Gasteiger partial charge in [-0.2, -0.15) is 13.2 Å². The standard InChI is InChI=1S/C24H25F3N4O4/c25-24(26,27)17-7-9-20(30-10-12-35-13-11-30)19(14-17)28-21(32)15-31-22(33)18(29-23(31)34)8-6-16-4-2-1-3-5-16/h1-5,7,9,14,18H,6,8,10-13,15H2,(H,28,32)(H,29,34)/t18-/m0/s1. The van der Waals surface area contributed by atoms with Gasteiger partial charge in [0.25, 0.3) is 5.91 Å². The first-order chi connectivity index (χ1) is 16.7. The number of hydrogen-bond acceptors (Lipinski definition) is 5. The second-order valence-electron chi connectivity index (χ2n) is 8.33. The van der Waals surface area contributed by atoms with Crippen molar-refractivity contribution in [1.29, 1.82) is 0 Å². The van der Waals surface area contributed by atoms with E-state index < -0.39 is 42.2 Å². The molecule has 2 aliphatic rings. The van der Waals surface area contributed by atoms with Crippen LogP contribution in [-0.4, -0.2) is 61.6 Å². The van der Waals surface area contributed by atoms with Gasteiger partial charge in [-0.05, 0) is 36.6 Å². The van der Waals surface area contributed by atoms with Gasteiger partial charge in [0.05, 0.1) is 30.2 Å². The number of nitrogens with zero attached hydrogens (tertiary/aromatic N) is 2. The van der Waals surface area contributed by atoms with Crippen molar-refractivity contribution in [2.75, 3.05) is 43.1 Å². The number of aryl methyl sites for hydroxylation is 1. The van der Waals surface area contributed by atoms with E-state index in [1.165, 1.54) is 6.07 Å². The highest BCUT2D eigenvalue weighted by Gasteiger charge is 2.39. The maximum atomic E-state index is 13.3. The zero-order chi connectivity index (χ0) is 25.0. The Morgan fingerprint density at radius 3 is 2.49 bits per heavy atom. The van der Waals surface area contributed by atoms with Crippen molar-refractivity contribution in [2.45, 2.75) is 25.1 Å². The first kappa shape index (κ1) is 24.5. The minimum Gasteiger partial charge on any atom is -0.378 e. The van der Waals surface area contributed by atoms with Crippen LogP contribution in [0.5, 0.6) is 0 Å². The third-order valence-electron chi connectivity index (χ3n) is 5.92. The van der Waals surface area contributed by atoms with E-state index >= 15 is 0 Å². The smallest absolute Gasteiger partial charge is 0.378 e. The van der Waals surface area contributed by atoms with Crippen molar-refractivity contribution < 1.29 is 32.3 Å². The lowest BCUT2D eigenvalue weighted by atomic mass is 10.1. The van der Waals surface area contributed by atoms with E-state index in [0.29, 0.717) is 44.8 Å². The molecule has 0 saturated carbocycles. The summed E-state index contributed by atoms with van der Waals surface area (Å²) < 4.78 is 45.2. The van der Waals surface area contributed by atoms with Gasteiger partial charge in [0.2, 0.25) is 5.91 Å². The molecule has 2 aromatic rings. The summed E-state index contributed by atoms with van der Waals surface area (Å²) in [5.41, 5.74) is 0.457. The molecule has 35 heavy (non-hydrogen) atoms. The fraction of sp³-hybridized carbons (Fsp3) is 0.375. The predicted molar refractivity (Wildman–Crippen MR) is 122 cm³/mol. The molecule has 2 heterocycles. The van der Waals surface area contributed by atoms with Crippen molar-refractivity contribution in [3.05, 3.63) is 59.7 Å². The van der Waals surface area contributed by atoms with E-state index in [-0.39, 0.29) is 5.69 Å². The highest BCUT2D eigenvalue weighted by molar-refractivity contribution is 6.08. The normalized spacial score (nSPS) is 18.5.